The number of benzene rings is 2. The summed E-state index contributed by atoms with van der Waals surface area (Å²) in [6.45, 7) is 5.53. The molecule has 21 heavy (non-hydrogen) atoms. The molecule has 0 bridgehead atoms. The van der Waals surface area contributed by atoms with Crippen LogP contribution in [0.3, 0.4) is 0 Å². The Balaban J connectivity index is 1.85. The van der Waals surface area contributed by atoms with Gasteiger partial charge in [0.1, 0.15) is 11.5 Å². The first-order valence-electron chi connectivity index (χ1n) is 6.79. The molecule has 108 valence electrons. The van der Waals surface area contributed by atoms with Gasteiger partial charge in [0.2, 0.25) is 0 Å². The highest BCUT2D eigenvalue weighted by Crippen LogP contribution is 2.21. The van der Waals surface area contributed by atoms with Crippen molar-refractivity contribution in [1.82, 2.24) is 0 Å². The minimum atomic E-state index is -0.348. The highest BCUT2D eigenvalue weighted by molar-refractivity contribution is 5.86. The summed E-state index contributed by atoms with van der Waals surface area (Å²) in [5.74, 6) is 1.24. The van der Waals surface area contributed by atoms with Crippen LogP contribution in [0.1, 0.15) is 12.5 Å². The fraction of sp³-hybridized carbons (Fsp3) is 0.167. The Morgan fingerprint density at radius 2 is 1.62 bits per heavy atom. The lowest BCUT2D eigenvalue weighted by molar-refractivity contribution is -0.138. The quantitative estimate of drug-likeness (QED) is 0.590. The molecule has 0 fully saturated rings. The largest absolute Gasteiger partial charge is 0.462 e. The van der Waals surface area contributed by atoms with E-state index in [1.807, 2.05) is 54.6 Å². The summed E-state index contributed by atoms with van der Waals surface area (Å²) in [4.78, 5) is 11.2. The number of hydrogen-bond donors (Lipinski definition) is 0. The van der Waals surface area contributed by atoms with Crippen molar-refractivity contribution in [1.29, 1.82) is 0 Å². The molecule has 2 aromatic rings. The molecule has 0 saturated heterocycles. The third kappa shape index (κ3) is 4.80. The number of carbonyl (C=O) groups excluding carboxylic acids is 1. The minimum Gasteiger partial charge on any atom is -0.462 e. The van der Waals surface area contributed by atoms with Gasteiger partial charge < -0.3 is 9.47 Å². The Morgan fingerprint density at radius 3 is 2.24 bits per heavy atom. The van der Waals surface area contributed by atoms with E-state index in [2.05, 4.69) is 6.58 Å². The van der Waals surface area contributed by atoms with Crippen LogP contribution in [0.15, 0.2) is 66.7 Å². The summed E-state index contributed by atoms with van der Waals surface area (Å²) in [6.07, 6.45) is 0.671. The molecule has 0 heterocycles. The fourth-order valence-electron chi connectivity index (χ4n) is 1.73. The van der Waals surface area contributed by atoms with Crippen molar-refractivity contribution in [2.75, 3.05) is 6.61 Å². The van der Waals surface area contributed by atoms with Gasteiger partial charge in [0.05, 0.1) is 6.61 Å². The molecule has 0 aliphatic carbocycles. The van der Waals surface area contributed by atoms with Crippen molar-refractivity contribution in [3.8, 4) is 11.5 Å². The van der Waals surface area contributed by atoms with Crippen LogP contribution < -0.4 is 4.74 Å². The van der Waals surface area contributed by atoms with Crippen molar-refractivity contribution in [2.24, 2.45) is 0 Å². The molecule has 0 aromatic heterocycles. The Hall–Kier alpha value is -2.55. The van der Waals surface area contributed by atoms with E-state index in [-0.39, 0.29) is 5.97 Å². The number of hydrogen-bond acceptors (Lipinski definition) is 3. The summed E-state index contributed by atoms with van der Waals surface area (Å²) in [7, 11) is 0. The number of carbonyl (C=O) groups is 1. The van der Waals surface area contributed by atoms with Crippen LogP contribution in [0, 0.1) is 0 Å². The molecule has 0 atom stereocenters. The van der Waals surface area contributed by atoms with Crippen molar-refractivity contribution in [3.05, 3.63) is 72.3 Å². The first kappa shape index (κ1) is 14.9. The minimum absolute atomic E-state index is 0.348. The zero-order valence-corrected chi connectivity index (χ0v) is 12.0. The van der Waals surface area contributed by atoms with Gasteiger partial charge in [0.25, 0.3) is 0 Å². The van der Waals surface area contributed by atoms with E-state index in [1.54, 1.807) is 6.92 Å². The molecular formula is C18H18O3. The second-order valence-corrected chi connectivity index (χ2v) is 4.73. The van der Waals surface area contributed by atoms with Gasteiger partial charge in [-0.2, -0.15) is 0 Å². The lowest BCUT2D eigenvalue weighted by atomic mass is 10.1. The van der Waals surface area contributed by atoms with Gasteiger partial charge in [0, 0.05) is 12.0 Å². The van der Waals surface area contributed by atoms with Crippen molar-refractivity contribution >= 4 is 5.97 Å². The number of ether oxygens (including phenoxy) is 2. The molecule has 0 spiro atoms. The Morgan fingerprint density at radius 1 is 1.00 bits per heavy atom. The van der Waals surface area contributed by atoms with E-state index in [9.17, 15) is 4.79 Å². The predicted octanol–water partition coefficient (Wildman–Crippen LogP) is 4.14. The van der Waals surface area contributed by atoms with Gasteiger partial charge in [-0.25, -0.2) is 4.79 Å². The normalized spacial score (nSPS) is 9.95. The molecule has 3 heteroatoms. The van der Waals surface area contributed by atoms with Gasteiger partial charge >= 0.3 is 5.97 Å². The Bertz CT molecular complexity index is 600. The highest BCUT2D eigenvalue weighted by Gasteiger charge is 2.03. The number of para-hydroxylation sites is 1. The second kappa shape index (κ2) is 7.29. The Kier molecular flexibility index (Phi) is 5.16. The van der Waals surface area contributed by atoms with Crippen LogP contribution in [0.2, 0.25) is 0 Å². The zero-order valence-electron chi connectivity index (χ0n) is 12.0. The van der Waals surface area contributed by atoms with Gasteiger partial charge in [0.15, 0.2) is 0 Å². The van der Waals surface area contributed by atoms with Crippen LogP contribution >= 0.6 is 0 Å². The first-order chi connectivity index (χ1) is 10.1. The number of rotatable bonds is 6. The first-order valence-corrected chi connectivity index (χ1v) is 6.79. The van der Waals surface area contributed by atoms with E-state index in [0.717, 1.165) is 17.1 Å². The number of esters is 1. The van der Waals surface area contributed by atoms with Gasteiger partial charge in [-0.1, -0.05) is 36.9 Å². The standard InChI is InChI=1S/C18H18O3/c1-14(2)18(19)20-13-12-15-8-10-17(11-9-15)21-16-6-4-3-5-7-16/h3-11H,1,12-13H2,2H3. The molecule has 0 aliphatic rings. The van der Waals surface area contributed by atoms with Crippen molar-refractivity contribution < 1.29 is 14.3 Å². The average molecular weight is 282 g/mol. The molecule has 0 N–H and O–H groups in total. The lowest BCUT2D eigenvalue weighted by Crippen LogP contribution is -2.07. The van der Waals surface area contributed by atoms with Gasteiger partial charge in [-0.05, 0) is 36.8 Å². The molecule has 2 aromatic carbocycles. The van der Waals surface area contributed by atoms with E-state index >= 15 is 0 Å². The highest BCUT2D eigenvalue weighted by atomic mass is 16.5. The maximum Gasteiger partial charge on any atom is 0.333 e. The van der Waals surface area contributed by atoms with E-state index < -0.39 is 0 Å². The average Bonchev–Trinajstić information content (AvgIpc) is 2.50. The fourth-order valence-corrected chi connectivity index (χ4v) is 1.73. The van der Waals surface area contributed by atoms with Crippen LogP contribution in [-0.2, 0) is 16.0 Å². The maximum absolute atomic E-state index is 11.2. The summed E-state index contributed by atoms with van der Waals surface area (Å²) < 4.78 is 10.8. The molecule has 0 unspecified atom stereocenters. The van der Waals surface area contributed by atoms with Crippen molar-refractivity contribution in [2.45, 2.75) is 13.3 Å². The second-order valence-electron chi connectivity index (χ2n) is 4.73. The maximum atomic E-state index is 11.2. The van der Waals surface area contributed by atoms with Gasteiger partial charge in [-0.15, -0.1) is 0 Å². The summed E-state index contributed by atoms with van der Waals surface area (Å²) in [5, 5.41) is 0. The molecule has 0 radical (unpaired) electrons. The monoisotopic (exact) mass is 282 g/mol. The smallest absolute Gasteiger partial charge is 0.333 e. The lowest BCUT2D eigenvalue weighted by Gasteiger charge is -2.07. The van der Waals surface area contributed by atoms with Crippen LogP contribution in [-0.4, -0.2) is 12.6 Å². The van der Waals surface area contributed by atoms with E-state index in [4.69, 9.17) is 9.47 Å². The third-order valence-electron chi connectivity index (χ3n) is 2.87. The zero-order chi connectivity index (χ0) is 15.1. The summed E-state index contributed by atoms with van der Waals surface area (Å²) in [6, 6.07) is 17.4. The molecule has 0 aliphatic heterocycles. The van der Waals surface area contributed by atoms with E-state index in [1.165, 1.54) is 0 Å². The van der Waals surface area contributed by atoms with E-state index in [0.29, 0.717) is 18.6 Å². The van der Waals surface area contributed by atoms with Crippen LogP contribution in [0.5, 0.6) is 11.5 Å². The molecule has 0 amide bonds. The molecule has 0 saturated carbocycles. The molecule has 2 rings (SSSR count). The summed E-state index contributed by atoms with van der Waals surface area (Å²) >= 11 is 0. The van der Waals surface area contributed by atoms with Crippen LogP contribution in [0.25, 0.3) is 0 Å². The summed E-state index contributed by atoms with van der Waals surface area (Å²) in [5.41, 5.74) is 1.51. The van der Waals surface area contributed by atoms with Crippen molar-refractivity contribution in [3.63, 3.8) is 0 Å². The Labute approximate surface area is 124 Å². The molecular weight excluding hydrogens is 264 g/mol. The SMILES string of the molecule is C=C(C)C(=O)OCCc1ccc(Oc2ccccc2)cc1. The predicted molar refractivity (Wildman–Crippen MR) is 82.4 cm³/mol. The third-order valence-corrected chi connectivity index (χ3v) is 2.87. The van der Waals surface area contributed by atoms with Crippen LogP contribution in [0.4, 0.5) is 0 Å². The topological polar surface area (TPSA) is 35.5 Å². The van der Waals surface area contributed by atoms with Gasteiger partial charge in [-0.3, -0.25) is 0 Å². The molecule has 3 nitrogen and oxygen atoms in total.